The minimum atomic E-state index is -0.858. The smallest absolute Gasteiger partial charge is 0.255 e. The molecule has 0 spiro atoms. The summed E-state index contributed by atoms with van der Waals surface area (Å²) in [5.41, 5.74) is 5.28. The molecule has 0 radical (unpaired) electrons. The van der Waals surface area contributed by atoms with Crippen molar-refractivity contribution in [1.82, 2.24) is 10.2 Å². The molecule has 24 heavy (non-hydrogen) atoms. The first kappa shape index (κ1) is 19.0. The Labute approximate surface area is 139 Å². The molecule has 0 saturated carbocycles. The van der Waals surface area contributed by atoms with Crippen molar-refractivity contribution in [2.45, 2.75) is 18.9 Å². The van der Waals surface area contributed by atoms with Gasteiger partial charge in [0.15, 0.2) is 6.29 Å². The molecule has 0 aromatic heterocycles. The van der Waals surface area contributed by atoms with Gasteiger partial charge in [-0.1, -0.05) is 0 Å². The molecule has 128 valence electrons. The zero-order valence-electron chi connectivity index (χ0n) is 13.4. The van der Waals surface area contributed by atoms with Gasteiger partial charge in [0.1, 0.15) is 12.3 Å². The van der Waals surface area contributed by atoms with Crippen molar-refractivity contribution in [2.75, 3.05) is 14.1 Å². The third kappa shape index (κ3) is 4.25. The zero-order chi connectivity index (χ0) is 18.3. The summed E-state index contributed by atoms with van der Waals surface area (Å²) in [5.74, 6) is -1.72. The van der Waals surface area contributed by atoms with Crippen molar-refractivity contribution in [3.05, 3.63) is 34.9 Å². The van der Waals surface area contributed by atoms with Crippen LogP contribution < -0.4 is 11.1 Å². The van der Waals surface area contributed by atoms with Crippen molar-refractivity contribution < 1.29 is 24.0 Å². The van der Waals surface area contributed by atoms with Crippen molar-refractivity contribution in [2.24, 2.45) is 5.73 Å². The average Bonchev–Trinajstić information content (AvgIpc) is 2.60. The summed E-state index contributed by atoms with van der Waals surface area (Å²) >= 11 is 0. The van der Waals surface area contributed by atoms with Gasteiger partial charge in [-0.05, 0) is 24.6 Å². The molecule has 1 atom stereocenters. The molecular weight excluding hydrogens is 314 g/mol. The largest absolute Gasteiger partial charge is 0.366 e. The normalized spacial score (nSPS) is 11.2. The second kappa shape index (κ2) is 8.56. The third-order valence-corrected chi connectivity index (χ3v) is 3.59. The van der Waals surface area contributed by atoms with Crippen molar-refractivity contribution in [1.29, 1.82) is 0 Å². The standard InChI is InChI=1S/C16H19N3O5/c1-18-15(23)13(4-3-7-20)19(2)16(24)12-6-5-10(14(17)22)8-11(12)9-21/h5-9,13H,3-4H2,1-2H3,(H2,17,22)(H,18,23). The fraction of sp³-hybridized carbons (Fsp3) is 0.312. The summed E-state index contributed by atoms with van der Waals surface area (Å²) < 4.78 is 0. The molecule has 1 aromatic carbocycles. The number of aldehydes is 2. The number of hydrogen-bond donors (Lipinski definition) is 2. The van der Waals surface area contributed by atoms with Gasteiger partial charge in [-0.2, -0.15) is 0 Å². The van der Waals surface area contributed by atoms with Gasteiger partial charge >= 0.3 is 0 Å². The van der Waals surface area contributed by atoms with E-state index >= 15 is 0 Å². The Bertz CT molecular complexity index is 672. The molecule has 1 aromatic rings. The maximum Gasteiger partial charge on any atom is 0.255 e. The lowest BCUT2D eigenvalue weighted by atomic mass is 10.0. The van der Waals surface area contributed by atoms with E-state index in [1.807, 2.05) is 0 Å². The van der Waals surface area contributed by atoms with Gasteiger partial charge in [-0.3, -0.25) is 19.2 Å². The third-order valence-electron chi connectivity index (χ3n) is 3.59. The van der Waals surface area contributed by atoms with Gasteiger partial charge in [0.2, 0.25) is 11.8 Å². The summed E-state index contributed by atoms with van der Waals surface area (Å²) in [6, 6.07) is 3.00. The summed E-state index contributed by atoms with van der Waals surface area (Å²) in [7, 11) is 2.83. The van der Waals surface area contributed by atoms with E-state index in [2.05, 4.69) is 5.32 Å². The van der Waals surface area contributed by atoms with E-state index in [-0.39, 0.29) is 29.5 Å². The second-order valence-corrected chi connectivity index (χ2v) is 5.07. The number of nitrogens with two attached hydrogens (primary N) is 1. The number of carbonyl (C=O) groups excluding carboxylic acids is 5. The van der Waals surface area contributed by atoms with E-state index in [4.69, 9.17) is 5.73 Å². The predicted molar refractivity (Wildman–Crippen MR) is 85.6 cm³/mol. The highest BCUT2D eigenvalue weighted by molar-refractivity contribution is 6.05. The van der Waals surface area contributed by atoms with E-state index < -0.39 is 23.8 Å². The Hall–Kier alpha value is -3.03. The summed E-state index contributed by atoms with van der Waals surface area (Å²) in [6.07, 6.45) is 1.36. The predicted octanol–water partition coefficient (Wildman–Crippen LogP) is -0.236. The first-order valence-electron chi connectivity index (χ1n) is 7.18. The Morgan fingerprint density at radius 3 is 2.46 bits per heavy atom. The van der Waals surface area contributed by atoms with E-state index in [1.54, 1.807) is 0 Å². The van der Waals surface area contributed by atoms with Crippen LogP contribution in [0.5, 0.6) is 0 Å². The molecule has 0 fully saturated rings. The van der Waals surface area contributed by atoms with Crippen LogP contribution in [-0.4, -0.2) is 55.3 Å². The van der Waals surface area contributed by atoms with Crippen LogP contribution in [0.25, 0.3) is 0 Å². The van der Waals surface area contributed by atoms with E-state index in [0.29, 0.717) is 12.6 Å². The van der Waals surface area contributed by atoms with Gasteiger partial charge < -0.3 is 20.7 Å². The molecule has 0 aliphatic heterocycles. The Morgan fingerprint density at radius 2 is 1.96 bits per heavy atom. The lowest BCUT2D eigenvalue weighted by Gasteiger charge is -2.27. The summed E-state index contributed by atoms with van der Waals surface area (Å²) in [4.78, 5) is 58.7. The molecule has 8 nitrogen and oxygen atoms in total. The maximum absolute atomic E-state index is 12.6. The number of likely N-dealkylation sites (N-methyl/N-ethyl adjacent to an activating group) is 2. The van der Waals surface area contributed by atoms with E-state index in [1.165, 1.54) is 32.3 Å². The van der Waals surface area contributed by atoms with Crippen molar-refractivity contribution >= 4 is 30.3 Å². The van der Waals surface area contributed by atoms with Gasteiger partial charge in [0.25, 0.3) is 5.91 Å². The van der Waals surface area contributed by atoms with Crippen molar-refractivity contribution in [3.63, 3.8) is 0 Å². The Balaban J connectivity index is 3.18. The molecule has 0 aliphatic carbocycles. The number of nitrogens with one attached hydrogen (secondary N) is 1. The van der Waals surface area contributed by atoms with Crippen LogP contribution in [0.2, 0.25) is 0 Å². The van der Waals surface area contributed by atoms with Gasteiger partial charge in [0, 0.05) is 31.6 Å². The first-order chi connectivity index (χ1) is 11.4. The minimum absolute atomic E-state index is 0.00538. The fourth-order valence-corrected chi connectivity index (χ4v) is 2.23. The van der Waals surface area contributed by atoms with Gasteiger partial charge in [-0.15, -0.1) is 0 Å². The molecule has 3 N–H and O–H groups in total. The molecule has 0 saturated heterocycles. The number of amides is 3. The van der Waals surface area contributed by atoms with Crippen LogP contribution in [0.15, 0.2) is 18.2 Å². The van der Waals surface area contributed by atoms with Gasteiger partial charge in [0.05, 0.1) is 5.56 Å². The SMILES string of the molecule is CNC(=O)C(CCC=O)N(C)C(=O)c1ccc(C(N)=O)cc1C=O. The zero-order valence-corrected chi connectivity index (χ0v) is 13.4. The lowest BCUT2D eigenvalue weighted by Crippen LogP contribution is -2.47. The van der Waals surface area contributed by atoms with E-state index in [9.17, 15) is 24.0 Å². The number of hydrogen-bond acceptors (Lipinski definition) is 5. The highest BCUT2D eigenvalue weighted by Crippen LogP contribution is 2.15. The first-order valence-corrected chi connectivity index (χ1v) is 7.18. The minimum Gasteiger partial charge on any atom is -0.366 e. The topological polar surface area (TPSA) is 127 Å². The molecule has 8 heteroatoms. The van der Waals surface area contributed by atoms with Gasteiger partial charge in [-0.25, -0.2) is 0 Å². The Kier molecular flexibility index (Phi) is 6.79. The quantitative estimate of drug-likeness (QED) is 0.635. The fourth-order valence-electron chi connectivity index (χ4n) is 2.23. The molecular formula is C16H19N3O5. The monoisotopic (exact) mass is 333 g/mol. The molecule has 3 amide bonds. The molecule has 0 aliphatic rings. The second-order valence-electron chi connectivity index (χ2n) is 5.07. The summed E-state index contributed by atoms with van der Waals surface area (Å²) in [6.45, 7) is 0. The number of rotatable bonds is 8. The maximum atomic E-state index is 12.6. The highest BCUT2D eigenvalue weighted by atomic mass is 16.2. The Morgan fingerprint density at radius 1 is 1.29 bits per heavy atom. The number of nitrogens with zero attached hydrogens (tertiary/aromatic N) is 1. The van der Waals surface area contributed by atoms with Crippen LogP contribution in [-0.2, 0) is 9.59 Å². The molecule has 0 bridgehead atoms. The van der Waals surface area contributed by atoms with Crippen LogP contribution in [0, 0.1) is 0 Å². The summed E-state index contributed by atoms with van der Waals surface area (Å²) in [5, 5.41) is 2.43. The number of primary amides is 1. The average molecular weight is 333 g/mol. The molecule has 1 rings (SSSR count). The number of benzene rings is 1. The van der Waals surface area contributed by atoms with Crippen LogP contribution in [0.4, 0.5) is 0 Å². The van der Waals surface area contributed by atoms with Crippen LogP contribution >= 0.6 is 0 Å². The highest BCUT2D eigenvalue weighted by Gasteiger charge is 2.27. The van der Waals surface area contributed by atoms with Crippen molar-refractivity contribution in [3.8, 4) is 0 Å². The molecule has 0 heterocycles. The van der Waals surface area contributed by atoms with E-state index in [0.717, 1.165) is 4.90 Å². The van der Waals surface area contributed by atoms with Crippen LogP contribution in [0.1, 0.15) is 43.9 Å². The van der Waals surface area contributed by atoms with Crippen LogP contribution in [0.3, 0.4) is 0 Å². The molecule has 1 unspecified atom stereocenters. The lowest BCUT2D eigenvalue weighted by molar-refractivity contribution is -0.125. The number of carbonyl (C=O) groups is 5.